The third kappa shape index (κ3) is 4.47. The molecule has 0 aliphatic rings. The summed E-state index contributed by atoms with van der Waals surface area (Å²) < 4.78 is 15.5. The summed E-state index contributed by atoms with van der Waals surface area (Å²) in [5, 5.41) is 18.6. The summed E-state index contributed by atoms with van der Waals surface area (Å²) in [6.07, 6.45) is 0. The Hall–Kier alpha value is -0.120. The van der Waals surface area contributed by atoms with Crippen LogP contribution in [0.2, 0.25) is 0 Å². The standard InChI is InChI=1S/C20H22Br4O4/c1-9-10(2)14(13-12(4)15(21)17(23)18(24)16(13)22)20(28-8-6-26)19(11(9)3)27-7-5-25/h25-26H,5-8H2,1-4H3. The molecule has 0 fully saturated rings. The summed E-state index contributed by atoms with van der Waals surface area (Å²) in [6.45, 7) is 8.18. The molecule has 0 saturated carbocycles. The number of hydrogen-bond donors (Lipinski definition) is 2. The van der Waals surface area contributed by atoms with Crippen molar-refractivity contribution in [1.82, 2.24) is 0 Å². The zero-order chi connectivity index (χ0) is 21.2. The first kappa shape index (κ1) is 24.2. The molecule has 0 heterocycles. The van der Waals surface area contributed by atoms with Gasteiger partial charge in [-0.25, -0.2) is 0 Å². The Bertz CT molecular complexity index is 868. The van der Waals surface area contributed by atoms with Crippen LogP contribution in [0.4, 0.5) is 0 Å². The molecule has 0 bridgehead atoms. The van der Waals surface area contributed by atoms with Crippen molar-refractivity contribution in [3.63, 3.8) is 0 Å². The molecule has 0 aliphatic carbocycles. The molecule has 0 spiro atoms. The Morgan fingerprint density at radius 3 is 1.61 bits per heavy atom. The Labute approximate surface area is 199 Å². The molecule has 2 rings (SSSR count). The summed E-state index contributed by atoms with van der Waals surface area (Å²) >= 11 is 14.6. The average Bonchev–Trinajstić information content (AvgIpc) is 2.68. The van der Waals surface area contributed by atoms with Gasteiger partial charge in [-0.15, -0.1) is 0 Å². The van der Waals surface area contributed by atoms with Gasteiger partial charge in [0.1, 0.15) is 13.2 Å². The molecule has 0 saturated heterocycles. The molecule has 8 heteroatoms. The summed E-state index contributed by atoms with van der Waals surface area (Å²) in [5.74, 6) is 1.15. The van der Waals surface area contributed by atoms with Crippen molar-refractivity contribution in [2.45, 2.75) is 27.7 Å². The minimum Gasteiger partial charge on any atom is -0.487 e. The maximum atomic E-state index is 9.35. The molecule has 0 aliphatic heterocycles. The van der Waals surface area contributed by atoms with Gasteiger partial charge in [-0.3, -0.25) is 0 Å². The molecule has 4 nitrogen and oxygen atoms in total. The normalized spacial score (nSPS) is 11.1. The van der Waals surface area contributed by atoms with Crippen LogP contribution in [0, 0.1) is 27.7 Å². The van der Waals surface area contributed by atoms with Gasteiger partial charge < -0.3 is 19.7 Å². The first-order chi connectivity index (χ1) is 13.2. The number of aliphatic hydroxyl groups is 2. The van der Waals surface area contributed by atoms with Gasteiger partial charge >= 0.3 is 0 Å². The highest BCUT2D eigenvalue weighted by molar-refractivity contribution is 9.15. The predicted molar refractivity (Wildman–Crippen MR) is 127 cm³/mol. The van der Waals surface area contributed by atoms with Gasteiger partial charge in [0.05, 0.1) is 13.2 Å². The van der Waals surface area contributed by atoms with E-state index in [4.69, 9.17) is 9.47 Å². The van der Waals surface area contributed by atoms with Crippen LogP contribution < -0.4 is 9.47 Å². The van der Waals surface area contributed by atoms with Crippen LogP contribution in [-0.4, -0.2) is 36.6 Å². The first-order valence-electron chi connectivity index (χ1n) is 8.62. The monoisotopic (exact) mass is 642 g/mol. The van der Waals surface area contributed by atoms with Crippen molar-refractivity contribution in [2.24, 2.45) is 0 Å². The summed E-state index contributed by atoms with van der Waals surface area (Å²) in [4.78, 5) is 0. The lowest BCUT2D eigenvalue weighted by atomic mass is 9.90. The number of halogens is 4. The topological polar surface area (TPSA) is 58.9 Å². The van der Waals surface area contributed by atoms with E-state index in [9.17, 15) is 10.2 Å². The Morgan fingerprint density at radius 1 is 0.571 bits per heavy atom. The van der Waals surface area contributed by atoms with Gasteiger partial charge in [0.2, 0.25) is 0 Å². The van der Waals surface area contributed by atoms with Gasteiger partial charge in [-0.2, -0.15) is 0 Å². The molecule has 0 amide bonds. The second kappa shape index (κ2) is 10.3. The first-order valence-corrected chi connectivity index (χ1v) is 11.8. The van der Waals surface area contributed by atoms with Crippen molar-refractivity contribution in [3.8, 4) is 22.6 Å². The number of ether oxygens (including phenoxy) is 2. The summed E-state index contributed by atoms with van der Waals surface area (Å²) in [6, 6.07) is 0. The van der Waals surface area contributed by atoms with E-state index in [1.165, 1.54) is 0 Å². The van der Waals surface area contributed by atoms with Crippen LogP contribution in [0.1, 0.15) is 22.3 Å². The van der Waals surface area contributed by atoms with Gasteiger partial charge in [0.15, 0.2) is 11.5 Å². The number of aliphatic hydroxyl groups excluding tert-OH is 2. The molecule has 154 valence electrons. The van der Waals surface area contributed by atoms with Crippen molar-refractivity contribution in [1.29, 1.82) is 0 Å². The van der Waals surface area contributed by atoms with Crippen LogP contribution in [0.5, 0.6) is 11.5 Å². The van der Waals surface area contributed by atoms with Gasteiger partial charge in [0, 0.05) is 29.0 Å². The summed E-state index contributed by atoms with van der Waals surface area (Å²) in [5.41, 5.74) is 5.97. The fourth-order valence-electron chi connectivity index (χ4n) is 3.04. The molecule has 28 heavy (non-hydrogen) atoms. The molecular weight excluding hydrogens is 624 g/mol. The lowest BCUT2D eigenvalue weighted by Gasteiger charge is -2.25. The third-order valence-electron chi connectivity index (χ3n) is 4.70. The van der Waals surface area contributed by atoms with Crippen LogP contribution in [0.25, 0.3) is 11.1 Å². The van der Waals surface area contributed by atoms with Crippen molar-refractivity contribution in [2.75, 3.05) is 26.4 Å². The smallest absolute Gasteiger partial charge is 0.169 e. The molecule has 2 aromatic rings. The van der Waals surface area contributed by atoms with Crippen LogP contribution in [0.3, 0.4) is 0 Å². The van der Waals surface area contributed by atoms with E-state index < -0.39 is 0 Å². The molecule has 0 radical (unpaired) electrons. The lowest BCUT2D eigenvalue weighted by Crippen LogP contribution is -2.11. The number of benzene rings is 2. The molecule has 2 N–H and O–H groups in total. The van der Waals surface area contributed by atoms with Crippen molar-refractivity contribution in [3.05, 3.63) is 40.1 Å². The molecular formula is C20H22Br4O4. The SMILES string of the molecule is Cc1c(C)c(OCCO)c(OCCO)c(-c2c(C)c(Br)c(Br)c(Br)c2Br)c1C. The predicted octanol–water partition coefficient (Wildman–Crippen LogP) is 6.38. The zero-order valence-corrected chi connectivity index (χ0v) is 22.4. The molecule has 0 atom stereocenters. The zero-order valence-electron chi connectivity index (χ0n) is 16.1. The highest BCUT2D eigenvalue weighted by atomic mass is 79.9. The number of hydrogen-bond acceptors (Lipinski definition) is 4. The van der Waals surface area contributed by atoms with E-state index in [1.807, 2.05) is 20.8 Å². The third-order valence-corrected chi connectivity index (χ3v) is 9.67. The second-order valence-corrected chi connectivity index (χ2v) is 9.48. The maximum absolute atomic E-state index is 9.35. The Balaban J connectivity index is 2.96. The maximum Gasteiger partial charge on any atom is 0.169 e. The van der Waals surface area contributed by atoms with E-state index in [0.29, 0.717) is 11.5 Å². The van der Waals surface area contributed by atoms with Crippen LogP contribution in [-0.2, 0) is 0 Å². The minimum absolute atomic E-state index is 0.0980. The average molecular weight is 646 g/mol. The van der Waals surface area contributed by atoms with E-state index >= 15 is 0 Å². The van der Waals surface area contributed by atoms with Crippen LogP contribution in [0.15, 0.2) is 17.9 Å². The summed E-state index contributed by atoms with van der Waals surface area (Å²) in [7, 11) is 0. The highest BCUT2D eigenvalue weighted by Crippen LogP contribution is 2.52. The van der Waals surface area contributed by atoms with Gasteiger partial charge in [-0.05, 0) is 114 Å². The molecule has 0 aromatic heterocycles. The Morgan fingerprint density at radius 2 is 1.07 bits per heavy atom. The van der Waals surface area contributed by atoms with E-state index in [2.05, 4.69) is 70.6 Å². The van der Waals surface area contributed by atoms with Crippen molar-refractivity contribution < 1.29 is 19.7 Å². The van der Waals surface area contributed by atoms with Gasteiger partial charge in [0.25, 0.3) is 0 Å². The molecule has 2 aromatic carbocycles. The van der Waals surface area contributed by atoms with E-state index in [1.54, 1.807) is 0 Å². The molecule has 0 unspecified atom stereocenters. The minimum atomic E-state index is -0.112. The highest BCUT2D eigenvalue weighted by Gasteiger charge is 2.27. The second-order valence-electron chi connectivity index (χ2n) is 6.31. The van der Waals surface area contributed by atoms with E-state index in [0.717, 1.165) is 51.3 Å². The number of rotatable bonds is 7. The fourth-order valence-corrected chi connectivity index (χ4v) is 5.55. The quantitative estimate of drug-likeness (QED) is 0.271. The van der Waals surface area contributed by atoms with Crippen molar-refractivity contribution >= 4 is 63.7 Å². The largest absolute Gasteiger partial charge is 0.487 e. The lowest BCUT2D eigenvalue weighted by molar-refractivity contribution is 0.178. The van der Waals surface area contributed by atoms with Crippen LogP contribution >= 0.6 is 63.7 Å². The fraction of sp³-hybridized carbons (Fsp3) is 0.400. The van der Waals surface area contributed by atoms with Gasteiger partial charge in [-0.1, -0.05) is 0 Å². The van der Waals surface area contributed by atoms with E-state index in [-0.39, 0.29) is 26.4 Å². The Kier molecular flexibility index (Phi) is 8.85.